The molecule has 19 heavy (non-hydrogen) atoms. The molecule has 1 amide bonds. The van der Waals surface area contributed by atoms with Crippen molar-refractivity contribution < 1.29 is 19.4 Å². The highest BCUT2D eigenvalue weighted by Crippen LogP contribution is 2.37. The Labute approximate surface area is 111 Å². The van der Waals surface area contributed by atoms with Gasteiger partial charge in [0.1, 0.15) is 11.8 Å². The molecule has 1 aliphatic heterocycles. The van der Waals surface area contributed by atoms with Crippen LogP contribution in [-0.4, -0.2) is 36.2 Å². The molecule has 6 heteroatoms. The highest BCUT2D eigenvalue weighted by Gasteiger charge is 2.37. The van der Waals surface area contributed by atoms with Gasteiger partial charge in [-0.05, 0) is 32.0 Å². The van der Waals surface area contributed by atoms with Gasteiger partial charge < -0.3 is 15.2 Å². The smallest absolute Gasteiger partial charge is 0.326 e. The molecule has 0 aromatic heterocycles. The fourth-order valence-corrected chi connectivity index (χ4v) is 2.03. The molecule has 1 heterocycles. The monoisotopic (exact) mass is 264 g/mol. The van der Waals surface area contributed by atoms with Crippen molar-refractivity contribution >= 4 is 23.3 Å². The zero-order valence-corrected chi connectivity index (χ0v) is 11.0. The summed E-state index contributed by atoms with van der Waals surface area (Å²) in [7, 11) is 1.75. The number of rotatable bonds is 3. The molecule has 0 saturated carbocycles. The van der Waals surface area contributed by atoms with Gasteiger partial charge in [0.25, 0.3) is 5.91 Å². The van der Waals surface area contributed by atoms with Crippen LogP contribution in [0.4, 0.5) is 11.4 Å². The summed E-state index contributed by atoms with van der Waals surface area (Å²) in [6.07, 6.45) is -0.685. The summed E-state index contributed by atoms with van der Waals surface area (Å²) in [5.41, 5.74) is 1.26. The van der Waals surface area contributed by atoms with Gasteiger partial charge in [-0.2, -0.15) is 0 Å². The number of carboxylic acids is 1. The first kappa shape index (κ1) is 13.2. The van der Waals surface area contributed by atoms with Gasteiger partial charge in [0, 0.05) is 12.7 Å². The molecule has 2 atom stereocenters. The van der Waals surface area contributed by atoms with Gasteiger partial charge in [-0.25, -0.2) is 4.79 Å². The lowest BCUT2D eigenvalue weighted by Crippen LogP contribution is -2.51. The Balaban J connectivity index is 2.53. The second-order valence-corrected chi connectivity index (χ2v) is 4.42. The van der Waals surface area contributed by atoms with E-state index < -0.39 is 18.1 Å². The highest BCUT2D eigenvalue weighted by molar-refractivity contribution is 6.04. The Kier molecular flexibility index (Phi) is 3.33. The summed E-state index contributed by atoms with van der Waals surface area (Å²) >= 11 is 0. The van der Waals surface area contributed by atoms with Crippen molar-refractivity contribution in [2.24, 2.45) is 0 Å². The second-order valence-electron chi connectivity index (χ2n) is 4.42. The largest absolute Gasteiger partial charge is 0.480 e. The normalized spacial score (nSPS) is 19.4. The summed E-state index contributed by atoms with van der Waals surface area (Å²) in [6, 6.07) is 4.31. The molecule has 2 unspecified atom stereocenters. The minimum Gasteiger partial charge on any atom is -0.480 e. The number of hydrogen-bond donors (Lipinski definition) is 2. The Morgan fingerprint density at radius 2 is 2.21 bits per heavy atom. The first-order chi connectivity index (χ1) is 8.95. The predicted octanol–water partition coefficient (Wildman–Crippen LogP) is 1.32. The Bertz CT molecular complexity index is 529. The van der Waals surface area contributed by atoms with Crippen LogP contribution in [0.15, 0.2) is 18.2 Å². The number of carboxylic acid groups (broad SMARTS) is 1. The van der Waals surface area contributed by atoms with Crippen LogP contribution in [-0.2, 0) is 9.59 Å². The van der Waals surface area contributed by atoms with Crippen molar-refractivity contribution in [1.29, 1.82) is 0 Å². The lowest BCUT2D eigenvalue weighted by molar-refractivity contribution is -0.140. The van der Waals surface area contributed by atoms with Crippen molar-refractivity contribution in [2.45, 2.75) is 26.0 Å². The maximum atomic E-state index is 12.2. The number of nitrogens with one attached hydrogen (secondary N) is 1. The molecule has 1 aromatic rings. The van der Waals surface area contributed by atoms with E-state index in [1.54, 1.807) is 26.1 Å². The SMILES string of the molecule is CNc1ccc2c(c1)N(C(C)C(=O)O)C(=O)C(C)O2. The van der Waals surface area contributed by atoms with Crippen molar-refractivity contribution in [2.75, 3.05) is 17.3 Å². The molecule has 0 saturated heterocycles. The summed E-state index contributed by atoms with van der Waals surface area (Å²) in [5, 5.41) is 12.1. The van der Waals surface area contributed by atoms with Gasteiger partial charge in [0.2, 0.25) is 0 Å². The number of carbonyl (C=O) groups excluding carboxylic acids is 1. The van der Waals surface area contributed by atoms with Gasteiger partial charge in [0.05, 0.1) is 5.69 Å². The minimum atomic E-state index is -1.05. The number of carbonyl (C=O) groups is 2. The Morgan fingerprint density at radius 1 is 1.53 bits per heavy atom. The van der Waals surface area contributed by atoms with Crippen molar-refractivity contribution in [3.8, 4) is 5.75 Å². The molecule has 0 fully saturated rings. The number of aliphatic carboxylic acids is 1. The Hall–Kier alpha value is -2.24. The predicted molar refractivity (Wildman–Crippen MR) is 70.7 cm³/mol. The molecule has 2 N–H and O–H groups in total. The highest BCUT2D eigenvalue weighted by atomic mass is 16.5. The van der Waals surface area contributed by atoms with Crippen LogP contribution in [0.1, 0.15) is 13.8 Å². The van der Waals surface area contributed by atoms with Crippen LogP contribution in [0.3, 0.4) is 0 Å². The number of anilines is 2. The molecular weight excluding hydrogens is 248 g/mol. The molecule has 6 nitrogen and oxygen atoms in total. The third-order valence-corrected chi connectivity index (χ3v) is 3.14. The molecule has 0 radical (unpaired) electrons. The van der Waals surface area contributed by atoms with Gasteiger partial charge in [-0.1, -0.05) is 0 Å². The van der Waals surface area contributed by atoms with E-state index in [1.807, 2.05) is 6.07 Å². The number of benzene rings is 1. The third-order valence-electron chi connectivity index (χ3n) is 3.14. The van der Waals surface area contributed by atoms with Gasteiger partial charge >= 0.3 is 5.97 Å². The summed E-state index contributed by atoms with van der Waals surface area (Å²) < 4.78 is 5.49. The number of nitrogens with zero attached hydrogens (tertiary/aromatic N) is 1. The average Bonchev–Trinajstić information content (AvgIpc) is 2.39. The number of hydrogen-bond acceptors (Lipinski definition) is 4. The fraction of sp³-hybridized carbons (Fsp3) is 0.385. The maximum Gasteiger partial charge on any atom is 0.326 e. The number of amides is 1. The van der Waals surface area contributed by atoms with E-state index in [0.717, 1.165) is 5.69 Å². The lowest BCUT2D eigenvalue weighted by Gasteiger charge is -2.35. The van der Waals surface area contributed by atoms with Gasteiger partial charge in [-0.3, -0.25) is 9.69 Å². The standard InChI is InChI=1S/C13H16N2O4/c1-7(13(17)18)15-10-6-9(14-3)4-5-11(10)19-8(2)12(15)16/h4-8,14H,1-3H3,(H,17,18). The molecule has 102 valence electrons. The van der Waals surface area contributed by atoms with E-state index in [1.165, 1.54) is 11.8 Å². The second kappa shape index (κ2) is 4.79. The van der Waals surface area contributed by atoms with Crippen LogP contribution >= 0.6 is 0 Å². The number of ether oxygens (including phenoxy) is 1. The van der Waals surface area contributed by atoms with E-state index in [4.69, 9.17) is 9.84 Å². The van der Waals surface area contributed by atoms with E-state index in [0.29, 0.717) is 11.4 Å². The molecule has 0 spiro atoms. The lowest BCUT2D eigenvalue weighted by atomic mass is 10.1. The zero-order valence-electron chi connectivity index (χ0n) is 11.0. The van der Waals surface area contributed by atoms with Crippen molar-refractivity contribution in [3.05, 3.63) is 18.2 Å². The summed E-state index contributed by atoms with van der Waals surface area (Å²) in [5.74, 6) is -0.891. The van der Waals surface area contributed by atoms with E-state index in [-0.39, 0.29) is 5.91 Å². The maximum absolute atomic E-state index is 12.2. The van der Waals surface area contributed by atoms with Crippen LogP contribution in [0.25, 0.3) is 0 Å². The molecule has 1 aliphatic rings. The zero-order chi connectivity index (χ0) is 14.2. The van der Waals surface area contributed by atoms with E-state index in [9.17, 15) is 9.59 Å². The van der Waals surface area contributed by atoms with Crippen LogP contribution in [0, 0.1) is 0 Å². The quantitative estimate of drug-likeness (QED) is 0.860. The molecule has 0 aliphatic carbocycles. The molecular formula is C13H16N2O4. The molecule has 2 rings (SSSR count). The first-order valence-electron chi connectivity index (χ1n) is 6.00. The van der Waals surface area contributed by atoms with Gasteiger partial charge in [-0.15, -0.1) is 0 Å². The number of fused-ring (bicyclic) bond motifs is 1. The van der Waals surface area contributed by atoms with Gasteiger partial charge in [0.15, 0.2) is 6.10 Å². The third kappa shape index (κ3) is 2.21. The van der Waals surface area contributed by atoms with E-state index in [2.05, 4.69) is 5.32 Å². The van der Waals surface area contributed by atoms with Crippen LogP contribution in [0.2, 0.25) is 0 Å². The van der Waals surface area contributed by atoms with E-state index >= 15 is 0 Å². The van der Waals surface area contributed by atoms with Crippen molar-refractivity contribution in [1.82, 2.24) is 0 Å². The molecule has 1 aromatic carbocycles. The summed E-state index contributed by atoms with van der Waals surface area (Å²) in [4.78, 5) is 24.6. The topological polar surface area (TPSA) is 78.9 Å². The Morgan fingerprint density at radius 3 is 2.79 bits per heavy atom. The average molecular weight is 264 g/mol. The fourth-order valence-electron chi connectivity index (χ4n) is 2.03. The van der Waals surface area contributed by atoms with Crippen LogP contribution < -0.4 is 15.0 Å². The van der Waals surface area contributed by atoms with Crippen molar-refractivity contribution in [3.63, 3.8) is 0 Å². The minimum absolute atomic E-state index is 0.351. The molecule has 0 bridgehead atoms. The first-order valence-corrected chi connectivity index (χ1v) is 6.00. The van der Waals surface area contributed by atoms with Crippen LogP contribution in [0.5, 0.6) is 5.75 Å². The summed E-state index contributed by atoms with van der Waals surface area (Å²) in [6.45, 7) is 3.09.